The number of anilines is 1. The molecule has 0 atom stereocenters. The zero-order chi connectivity index (χ0) is 14.5. The Balaban J connectivity index is 2.12. The zero-order valence-corrected chi connectivity index (χ0v) is 12.8. The van der Waals surface area contributed by atoms with E-state index in [2.05, 4.69) is 9.69 Å². The number of carbonyl (C=O) groups is 1. The minimum absolute atomic E-state index is 0.340. The van der Waals surface area contributed by atoms with Crippen LogP contribution in [-0.4, -0.2) is 16.9 Å². The average Bonchev–Trinajstić information content (AvgIpc) is 2.78. The lowest BCUT2D eigenvalue weighted by Crippen LogP contribution is -2.09. The van der Waals surface area contributed by atoms with Gasteiger partial charge in [0.05, 0.1) is 12.3 Å². The van der Waals surface area contributed by atoms with Crippen LogP contribution in [0.2, 0.25) is 5.02 Å². The highest BCUT2D eigenvalue weighted by atomic mass is 35.5. The fraction of sp³-hybridized carbons (Fsp3) is 0.286. The van der Waals surface area contributed by atoms with Crippen molar-refractivity contribution in [2.45, 2.75) is 20.4 Å². The summed E-state index contributed by atoms with van der Waals surface area (Å²) < 4.78 is 9.25. The van der Waals surface area contributed by atoms with Crippen molar-refractivity contribution in [3.8, 4) is 0 Å². The summed E-state index contributed by atoms with van der Waals surface area (Å²) in [5.74, 6) is -0.340. The molecule has 0 amide bonds. The van der Waals surface area contributed by atoms with Crippen molar-refractivity contribution < 1.29 is 9.53 Å². The van der Waals surface area contributed by atoms with E-state index in [0.29, 0.717) is 29.4 Å². The van der Waals surface area contributed by atoms with Crippen LogP contribution in [-0.2, 0) is 11.3 Å². The van der Waals surface area contributed by atoms with Gasteiger partial charge < -0.3 is 10.1 Å². The van der Waals surface area contributed by atoms with Crippen molar-refractivity contribution in [2.75, 3.05) is 11.9 Å². The largest absolute Gasteiger partial charge is 0.462 e. The van der Waals surface area contributed by atoms with E-state index in [9.17, 15) is 4.79 Å². The maximum Gasteiger partial charge on any atom is 0.343 e. The number of hydrogen-bond donors (Lipinski definition) is 1. The summed E-state index contributed by atoms with van der Waals surface area (Å²) in [6.07, 6.45) is 0. The van der Waals surface area contributed by atoms with Gasteiger partial charge in [0, 0.05) is 11.6 Å². The molecule has 1 N–H and O–H groups in total. The number of esters is 1. The number of hydrogen-bond acceptors (Lipinski definition) is 5. The molecule has 1 aromatic carbocycles. The Labute approximate surface area is 126 Å². The van der Waals surface area contributed by atoms with Gasteiger partial charge in [-0.2, -0.15) is 4.37 Å². The van der Waals surface area contributed by atoms with Crippen LogP contribution in [0.5, 0.6) is 0 Å². The van der Waals surface area contributed by atoms with Gasteiger partial charge in [0.1, 0.15) is 10.6 Å². The molecule has 1 heterocycles. The molecule has 0 radical (unpaired) electrons. The standard InChI is InChI=1S/C14H15ClN2O2S/c1-3-19-14(18)12-9(2)17-20-13(12)16-8-10-5-4-6-11(15)7-10/h4-7,16H,3,8H2,1-2H3. The Morgan fingerprint density at radius 2 is 2.30 bits per heavy atom. The van der Waals surface area contributed by atoms with Gasteiger partial charge in [-0.25, -0.2) is 4.79 Å². The Morgan fingerprint density at radius 1 is 1.50 bits per heavy atom. The van der Waals surface area contributed by atoms with Crippen molar-refractivity contribution >= 4 is 34.1 Å². The van der Waals surface area contributed by atoms with Gasteiger partial charge in [0.2, 0.25) is 0 Å². The SMILES string of the molecule is CCOC(=O)c1c(C)nsc1NCc1cccc(Cl)c1. The molecule has 4 nitrogen and oxygen atoms in total. The molecule has 0 bridgehead atoms. The lowest BCUT2D eigenvalue weighted by Gasteiger charge is -2.07. The van der Waals surface area contributed by atoms with Gasteiger partial charge in [-0.05, 0) is 43.1 Å². The van der Waals surface area contributed by atoms with Crippen molar-refractivity contribution in [1.82, 2.24) is 4.37 Å². The minimum atomic E-state index is -0.340. The normalized spacial score (nSPS) is 10.3. The molecule has 0 unspecified atom stereocenters. The van der Waals surface area contributed by atoms with Gasteiger partial charge in [-0.15, -0.1) is 0 Å². The Bertz CT molecular complexity index is 613. The van der Waals surface area contributed by atoms with Crippen LogP contribution < -0.4 is 5.32 Å². The van der Waals surface area contributed by atoms with Crippen molar-refractivity contribution in [1.29, 1.82) is 0 Å². The van der Waals surface area contributed by atoms with E-state index in [1.807, 2.05) is 24.3 Å². The number of carbonyl (C=O) groups excluding carboxylic acids is 1. The third-order valence-corrected chi connectivity index (χ3v) is 3.82. The second kappa shape index (κ2) is 6.72. The van der Waals surface area contributed by atoms with Gasteiger partial charge in [-0.1, -0.05) is 23.7 Å². The van der Waals surface area contributed by atoms with E-state index in [0.717, 1.165) is 10.6 Å². The van der Waals surface area contributed by atoms with Crippen molar-refractivity contribution in [3.05, 3.63) is 46.1 Å². The molecule has 0 spiro atoms. The summed E-state index contributed by atoms with van der Waals surface area (Å²) >= 11 is 7.20. The number of aromatic nitrogens is 1. The van der Waals surface area contributed by atoms with Gasteiger partial charge in [-0.3, -0.25) is 0 Å². The summed E-state index contributed by atoms with van der Waals surface area (Å²) in [6, 6.07) is 7.57. The topological polar surface area (TPSA) is 51.2 Å². The molecule has 106 valence electrons. The Hall–Kier alpha value is -1.59. The predicted molar refractivity (Wildman–Crippen MR) is 81.6 cm³/mol. The lowest BCUT2D eigenvalue weighted by atomic mass is 10.2. The van der Waals surface area contributed by atoms with E-state index in [1.54, 1.807) is 13.8 Å². The van der Waals surface area contributed by atoms with Crippen LogP contribution in [0, 0.1) is 6.92 Å². The fourth-order valence-electron chi connectivity index (χ4n) is 1.76. The number of aryl methyl sites for hydroxylation is 1. The van der Waals surface area contributed by atoms with E-state index in [1.165, 1.54) is 11.5 Å². The number of nitrogens with one attached hydrogen (secondary N) is 1. The molecule has 0 fully saturated rings. The molecular formula is C14H15ClN2O2S. The first-order chi connectivity index (χ1) is 9.61. The summed E-state index contributed by atoms with van der Waals surface area (Å²) in [6.45, 7) is 4.51. The first-order valence-electron chi connectivity index (χ1n) is 6.23. The molecule has 2 rings (SSSR count). The van der Waals surface area contributed by atoms with Crippen molar-refractivity contribution in [2.24, 2.45) is 0 Å². The van der Waals surface area contributed by atoms with E-state index < -0.39 is 0 Å². The summed E-state index contributed by atoms with van der Waals surface area (Å²) in [5, 5.41) is 4.63. The summed E-state index contributed by atoms with van der Waals surface area (Å²) in [5.41, 5.74) is 2.24. The summed E-state index contributed by atoms with van der Waals surface area (Å²) in [4.78, 5) is 11.9. The molecular weight excluding hydrogens is 296 g/mol. The Morgan fingerprint density at radius 3 is 3.00 bits per heavy atom. The van der Waals surface area contributed by atoms with E-state index in [-0.39, 0.29) is 5.97 Å². The molecule has 20 heavy (non-hydrogen) atoms. The van der Waals surface area contributed by atoms with Crippen LogP contribution in [0.25, 0.3) is 0 Å². The zero-order valence-electron chi connectivity index (χ0n) is 11.3. The van der Waals surface area contributed by atoms with Crippen LogP contribution in [0.3, 0.4) is 0 Å². The lowest BCUT2D eigenvalue weighted by molar-refractivity contribution is 0.0527. The quantitative estimate of drug-likeness (QED) is 0.851. The van der Waals surface area contributed by atoms with Gasteiger partial charge >= 0.3 is 5.97 Å². The number of rotatable bonds is 5. The van der Waals surface area contributed by atoms with E-state index >= 15 is 0 Å². The third kappa shape index (κ3) is 3.49. The highest BCUT2D eigenvalue weighted by molar-refractivity contribution is 7.10. The Kier molecular flexibility index (Phi) is 4.98. The summed E-state index contributed by atoms with van der Waals surface area (Å²) in [7, 11) is 0. The molecule has 1 aromatic heterocycles. The molecule has 0 saturated carbocycles. The molecule has 0 aliphatic carbocycles. The number of benzene rings is 1. The molecule has 6 heteroatoms. The second-order valence-electron chi connectivity index (χ2n) is 4.18. The maximum atomic E-state index is 11.9. The number of halogens is 1. The van der Waals surface area contributed by atoms with Crippen LogP contribution >= 0.6 is 23.1 Å². The highest BCUT2D eigenvalue weighted by Gasteiger charge is 2.19. The van der Waals surface area contributed by atoms with Crippen molar-refractivity contribution in [3.63, 3.8) is 0 Å². The van der Waals surface area contributed by atoms with Gasteiger partial charge in [0.15, 0.2) is 0 Å². The predicted octanol–water partition coefficient (Wildman–Crippen LogP) is 3.89. The first-order valence-corrected chi connectivity index (χ1v) is 7.38. The smallest absolute Gasteiger partial charge is 0.343 e. The van der Waals surface area contributed by atoms with Gasteiger partial charge in [0.25, 0.3) is 0 Å². The monoisotopic (exact) mass is 310 g/mol. The highest BCUT2D eigenvalue weighted by Crippen LogP contribution is 2.26. The van der Waals surface area contributed by atoms with E-state index in [4.69, 9.17) is 16.3 Å². The maximum absolute atomic E-state index is 11.9. The first kappa shape index (κ1) is 14.8. The van der Waals surface area contributed by atoms with Crippen LogP contribution in [0.15, 0.2) is 24.3 Å². The molecule has 2 aromatic rings. The van der Waals surface area contributed by atoms with Crippen LogP contribution in [0.4, 0.5) is 5.00 Å². The second-order valence-corrected chi connectivity index (χ2v) is 5.39. The fourth-order valence-corrected chi connectivity index (χ4v) is 2.75. The number of ether oxygens (including phenoxy) is 1. The molecule has 0 saturated heterocycles. The third-order valence-electron chi connectivity index (χ3n) is 2.68. The molecule has 0 aliphatic rings. The average molecular weight is 311 g/mol. The minimum Gasteiger partial charge on any atom is -0.462 e. The number of nitrogens with zero attached hydrogens (tertiary/aromatic N) is 1. The van der Waals surface area contributed by atoms with Crippen LogP contribution in [0.1, 0.15) is 28.5 Å². The molecule has 0 aliphatic heterocycles.